The van der Waals surface area contributed by atoms with Crippen LogP contribution in [0.25, 0.3) is 0 Å². The van der Waals surface area contributed by atoms with Crippen LogP contribution in [0.1, 0.15) is 25.0 Å². The first kappa shape index (κ1) is 15.4. The summed E-state index contributed by atoms with van der Waals surface area (Å²) in [6, 6.07) is 28.2. The molecule has 0 bridgehead atoms. The summed E-state index contributed by atoms with van der Waals surface area (Å²) in [6.45, 7) is 4.38. The molecular weight excluding hydrogens is 278 g/mol. The molecule has 0 fully saturated rings. The molecule has 0 radical (unpaired) electrons. The van der Waals surface area contributed by atoms with Gasteiger partial charge in [-0.15, -0.1) is 0 Å². The van der Waals surface area contributed by atoms with Crippen molar-refractivity contribution in [3.63, 3.8) is 0 Å². The van der Waals surface area contributed by atoms with Gasteiger partial charge in [-0.3, -0.25) is 0 Å². The average molecular weight is 301 g/mol. The second-order valence-electron chi connectivity index (χ2n) is 5.71. The molecule has 3 rings (SSSR count). The summed E-state index contributed by atoms with van der Waals surface area (Å²) in [6.07, 6.45) is 2.13. The van der Waals surface area contributed by atoms with Crippen molar-refractivity contribution in [3.8, 4) is 0 Å². The fourth-order valence-electron chi connectivity index (χ4n) is 2.79. The predicted molar refractivity (Wildman–Crippen MR) is 99.9 cm³/mol. The van der Waals surface area contributed by atoms with E-state index >= 15 is 0 Å². The van der Waals surface area contributed by atoms with E-state index in [1.165, 1.54) is 28.2 Å². The molecule has 0 spiro atoms. The highest BCUT2D eigenvalue weighted by molar-refractivity contribution is 5.76. The molecule has 0 aliphatic heterocycles. The number of nitrogens with zero attached hydrogens (tertiary/aromatic N) is 1. The van der Waals surface area contributed by atoms with Crippen molar-refractivity contribution in [2.75, 3.05) is 4.90 Å². The van der Waals surface area contributed by atoms with Crippen LogP contribution in [0.3, 0.4) is 0 Å². The fourth-order valence-corrected chi connectivity index (χ4v) is 2.79. The van der Waals surface area contributed by atoms with Crippen LogP contribution in [0.4, 0.5) is 17.1 Å². The average Bonchev–Trinajstić information content (AvgIpc) is 2.64. The SMILES string of the molecule is CCc1ccc(N(c2ccccc2)c2ccc(CC)cc2)cc1. The smallest absolute Gasteiger partial charge is 0.0461 e. The zero-order valence-electron chi connectivity index (χ0n) is 13.9. The third-order valence-corrected chi connectivity index (χ3v) is 4.22. The molecule has 0 saturated heterocycles. The first-order chi connectivity index (χ1) is 11.3. The molecule has 0 aromatic heterocycles. The van der Waals surface area contributed by atoms with E-state index in [2.05, 4.69) is 97.6 Å². The Morgan fingerprint density at radius 2 is 0.913 bits per heavy atom. The van der Waals surface area contributed by atoms with Crippen LogP contribution >= 0.6 is 0 Å². The zero-order chi connectivity index (χ0) is 16.1. The molecule has 116 valence electrons. The molecule has 3 aromatic carbocycles. The maximum atomic E-state index is 2.30. The van der Waals surface area contributed by atoms with Crippen molar-refractivity contribution in [3.05, 3.63) is 90.0 Å². The van der Waals surface area contributed by atoms with Crippen molar-refractivity contribution in [2.24, 2.45) is 0 Å². The lowest BCUT2D eigenvalue weighted by Crippen LogP contribution is -2.09. The number of hydrogen-bond donors (Lipinski definition) is 0. The highest BCUT2D eigenvalue weighted by atomic mass is 15.1. The van der Waals surface area contributed by atoms with Crippen LogP contribution in [-0.4, -0.2) is 0 Å². The summed E-state index contributed by atoms with van der Waals surface area (Å²) in [7, 11) is 0. The highest BCUT2D eigenvalue weighted by Crippen LogP contribution is 2.34. The molecule has 1 heteroatoms. The van der Waals surface area contributed by atoms with E-state index in [9.17, 15) is 0 Å². The predicted octanol–water partition coefficient (Wildman–Crippen LogP) is 6.28. The minimum Gasteiger partial charge on any atom is -0.311 e. The number of aryl methyl sites for hydroxylation is 2. The van der Waals surface area contributed by atoms with E-state index in [1.54, 1.807) is 0 Å². The quantitative estimate of drug-likeness (QED) is 0.536. The van der Waals surface area contributed by atoms with Gasteiger partial charge in [0.15, 0.2) is 0 Å². The Bertz CT molecular complexity index is 680. The first-order valence-corrected chi connectivity index (χ1v) is 8.35. The molecule has 3 aromatic rings. The summed E-state index contributed by atoms with van der Waals surface area (Å²) in [5, 5.41) is 0. The summed E-state index contributed by atoms with van der Waals surface area (Å²) in [5.74, 6) is 0. The van der Waals surface area contributed by atoms with Crippen LogP contribution in [0.15, 0.2) is 78.9 Å². The Hall–Kier alpha value is -2.54. The van der Waals surface area contributed by atoms with Crippen molar-refractivity contribution in [1.29, 1.82) is 0 Å². The van der Waals surface area contributed by atoms with E-state index in [0.29, 0.717) is 0 Å². The minimum atomic E-state index is 1.07. The minimum absolute atomic E-state index is 1.07. The number of para-hydroxylation sites is 1. The maximum absolute atomic E-state index is 2.30. The normalized spacial score (nSPS) is 10.5. The molecule has 0 N–H and O–H groups in total. The Balaban J connectivity index is 2.05. The lowest BCUT2D eigenvalue weighted by Gasteiger charge is -2.25. The van der Waals surface area contributed by atoms with Gasteiger partial charge in [-0.2, -0.15) is 0 Å². The maximum Gasteiger partial charge on any atom is 0.0461 e. The fraction of sp³-hybridized carbons (Fsp3) is 0.182. The van der Waals surface area contributed by atoms with Crippen LogP contribution in [-0.2, 0) is 12.8 Å². The monoisotopic (exact) mass is 301 g/mol. The molecule has 0 aliphatic rings. The van der Waals surface area contributed by atoms with Crippen LogP contribution in [0, 0.1) is 0 Å². The van der Waals surface area contributed by atoms with Gasteiger partial charge >= 0.3 is 0 Å². The number of benzene rings is 3. The van der Waals surface area contributed by atoms with E-state index in [0.717, 1.165) is 12.8 Å². The third-order valence-electron chi connectivity index (χ3n) is 4.22. The van der Waals surface area contributed by atoms with Crippen molar-refractivity contribution in [2.45, 2.75) is 26.7 Å². The van der Waals surface area contributed by atoms with Gasteiger partial charge in [0.05, 0.1) is 0 Å². The lowest BCUT2D eigenvalue weighted by molar-refractivity contribution is 1.13. The second-order valence-corrected chi connectivity index (χ2v) is 5.71. The van der Waals surface area contributed by atoms with Crippen LogP contribution in [0.2, 0.25) is 0 Å². The van der Waals surface area contributed by atoms with Gasteiger partial charge in [0.2, 0.25) is 0 Å². The molecule has 23 heavy (non-hydrogen) atoms. The Kier molecular flexibility index (Phi) is 4.77. The summed E-state index contributed by atoms with van der Waals surface area (Å²) in [4.78, 5) is 2.30. The van der Waals surface area contributed by atoms with E-state index in [1.807, 2.05) is 0 Å². The molecule has 0 saturated carbocycles. The van der Waals surface area contributed by atoms with Crippen molar-refractivity contribution < 1.29 is 0 Å². The first-order valence-electron chi connectivity index (χ1n) is 8.35. The summed E-state index contributed by atoms with van der Waals surface area (Å²) >= 11 is 0. The number of anilines is 3. The second kappa shape index (κ2) is 7.15. The van der Waals surface area contributed by atoms with Gasteiger partial charge in [0, 0.05) is 17.1 Å². The summed E-state index contributed by atoms with van der Waals surface area (Å²) in [5.41, 5.74) is 6.29. The molecule has 1 nitrogen and oxygen atoms in total. The highest BCUT2D eigenvalue weighted by Gasteiger charge is 2.11. The van der Waals surface area contributed by atoms with Gasteiger partial charge in [0.1, 0.15) is 0 Å². The molecule has 0 atom stereocenters. The summed E-state index contributed by atoms with van der Waals surface area (Å²) < 4.78 is 0. The molecule has 0 unspecified atom stereocenters. The van der Waals surface area contributed by atoms with E-state index in [4.69, 9.17) is 0 Å². The number of rotatable bonds is 5. The molecule has 0 aliphatic carbocycles. The molecular formula is C22H23N. The van der Waals surface area contributed by atoms with Crippen molar-refractivity contribution >= 4 is 17.1 Å². The van der Waals surface area contributed by atoms with Gasteiger partial charge in [-0.25, -0.2) is 0 Å². The van der Waals surface area contributed by atoms with E-state index in [-0.39, 0.29) is 0 Å². The standard InChI is InChI=1S/C22H23N/c1-3-18-10-14-21(15-11-18)23(20-8-6-5-7-9-20)22-16-12-19(4-2)13-17-22/h5-17H,3-4H2,1-2H3. The topological polar surface area (TPSA) is 3.24 Å². The van der Waals surface area contributed by atoms with Gasteiger partial charge in [-0.05, 0) is 60.4 Å². The van der Waals surface area contributed by atoms with Gasteiger partial charge in [0.25, 0.3) is 0 Å². The molecule has 0 amide bonds. The Morgan fingerprint density at radius 3 is 1.30 bits per heavy atom. The van der Waals surface area contributed by atoms with Crippen LogP contribution in [0.5, 0.6) is 0 Å². The Morgan fingerprint density at radius 1 is 0.522 bits per heavy atom. The lowest BCUT2D eigenvalue weighted by atomic mass is 10.1. The molecule has 0 heterocycles. The van der Waals surface area contributed by atoms with Crippen molar-refractivity contribution in [1.82, 2.24) is 0 Å². The van der Waals surface area contributed by atoms with Crippen LogP contribution < -0.4 is 4.90 Å². The Labute approximate surface area is 139 Å². The third kappa shape index (κ3) is 3.45. The zero-order valence-corrected chi connectivity index (χ0v) is 13.9. The number of hydrogen-bond acceptors (Lipinski definition) is 1. The van der Waals surface area contributed by atoms with Gasteiger partial charge in [-0.1, -0.05) is 56.3 Å². The van der Waals surface area contributed by atoms with Gasteiger partial charge < -0.3 is 4.90 Å². The van der Waals surface area contributed by atoms with E-state index < -0.39 is 0 Å². The largest absolute Gasteiger partial charge is 0.311 e.